The van der Waals surface area contributed by atoms with Crippen LogP contribution in [0.25, 0.3) is 11.3 Å². The predicted octanol–water partition coefficient (Wildman–Crippen LogP) is 3.39. The fraction of sp³-hybridized carbons (Fsp3) is 0.278. The third-order valence-electron chi connectivity index (χ3n) is 4.23. The van der Waals surface area contributed by atoms with E-state index in [9.17, 15) is 26.4 Å². The number of hydrogen-bond donors (Lipinski definition) is 0. The van der Waals surface area contributed by atoms with Gasteiger partial charge in [0, 0.05) is 25.0 Å². The maximum atomic E-state index is 12.9. The summed E-state index contributed by atoms with van der Waals surface area (Å²) in [5.41, 5.74) is 1.31. The highest BCUT2D eigenvalue weighted by Crippen LogP contribution is 2.34. The Bertz CT molecular complexity index is 1220. The first-order chi connectivity index (χ1) is 14.4. The van der Waals surface area contributed by atoms with E-state index in [2.05, 4.69) is 20.2 Å². The highest BCUT2D eigenvalue weighted by Gasteiger charge is 2.37. The topological polar surface area (TPSA) is 106 Å². The third kappa shape index (κ3) is 4.71. The number of aryl methyl sites for hydroxylation is 1. The van der Waals surface area contributed by atoms with E-state index in [0.29, 0.717) is 11.3 Å². The zero-order valence-electron chi connectivity index (χ0n) is 16.5. The Morgan fingerprint density at radius 2 is 1.87 bits per heavy atom. The Morgan fingerprint density at radius 1 is 1.16 bits per heavy atom. The maximum Gasteiger partial charge on any atom is 0.445 e. The molecule has 164 valence electrons. The molecule has 3 rings (SSSR count). The van der Waals surface area contributed by atoms with Gasteiger partial charge in [-0.15, -0.1) is 10.2 Å². The maximum absolute atomic E-state index is 12.9. The number of amides is 1. The number of carbonyl (C=O) groups excluding carboxylic acids is 1. The molecule has 3 aromatic rings. The van der Waals surface area contributed by atoms with E-state index >= 15 is 0 Å². The van der Waals surface area contributed by atoms with Gasteiger partial charge in [-0.3, -0.25) is 14.7 Å². The molecule has 8 nitrogen and oxygen atoms in total. The number of sulfone groups is 1. The summed E-state index contributed by atoms with van der Waals surface area (Å²) in [6.45, 7) is 3.25. The Hall–Kier alpha value is -2.93. The summed E-state index contributed by atoms with van der Waals surface area (Å²) in [6, 6.07) is 4.75. The molecule has 13 heteroatoms. The molecule has 0 atom stereocenters. The van der Waals surface area contributed by atoms with Crippen molar-refractivity contribution in [2.24, 2.45) is 0 Å². The van der Waals surface area contributed by atoms with Crippen molar-refractivity contribution in [2.45, 2.75) is 24.9 Å². The van der Waals surface area contributed by atoms with E-state index in [1.807, 2.05) is 6.92 Å². The lowest BCUT2D eigenvalue weighted by atomic mass is 10.1. The van der Waals surface area contributed by atoms with Crippen molar-refractivity contribution in [3.8, 4) is 11.3 Å². The molecule has 0 N–H and O–H groups in total. The minimum atomic E-state index is -4.71. The fourth-order valence-corrected chi connectivity index (χ4v) is 4.21. The molecule has 1 amide bonds. The van der Waals surface area contributed by atoms with Gasteiger partial charge in [0.05, 0.1) is 16.3 Å². The second-order valence-electron chi connectivity index (χ2n) is 6.45. The Kier molecular flexibility index (Phi) is 6.09. The number of aromatic nitrogens is 4. The average Bonchev–Trinajstić information content (AvgIpc) is 3.24. The monoisotopic (exact) mass is 471 g/mol. The van der Waals surface area contributed by atoms with Gasteiger partial charge in [0.2, 0.25) is 10.1 Å². The summed E-state index contributed by atoms with van der Waals surface area (Å²) in [6.07, 6.45) is -1.82. The van der Waals surface area contributed by atoms with Crippen LogP contribution in [0.5, 0.6) is 0 Å². The highest BCUT2D eigenvalue weighted by atomic mass is 32.2. The molecule has 3 heterocycles. The molecule has 31 heavy (non-hydrogen) atoms. The van der Waals surface area contributed by atoms with Crippen LogP contribution in [0.1, 0.15) is 28.0 Å². The molecule has 0 spiro atoms. The van der Waals surface area contributed by atoms with Crippen molar-refractivity contribution in [3.05, 3.63) is 46.9 Å². The van der Waals surface area contributed by atoms with E-state index in [1.165, 1.54) is 26.2 Å². The SMILES string of the molecule is CCS(=O)(=O)c1cc(-c2ccc(C)cn2)cnc1C(=O)N(C)c1nnc(C(F)(F)F)s1. The number of anilines is 1. The molecule has 0 unspecified atom stereocenters. The second-order valence-corrected chi connectivity index (χ2v) is 9.65. The van der Waals surface area contributed by atoms with E-state index in [4.69, 9.17) is 0 Å². The molecule has 0 aliphatic rings. The smallest absolute Gasteiger partial charge is 0.284 e. The van der Waals surface area contributed by atoms with Crippen molar-refractivity contribution >= 4 is 32.2 Å². The Morgan fingerprint density at radius 3 is 2.42 bits per heavy atom. The van der Waals surface area contributed by atoms with Crippen LogP contribution >= 0.6 is 11.3 Å². The van der Waals surface area contributed by atoms with Crippen LogP contribution in [0.4, 0.5) is 18.3 Å². The number of rotatable bonds is 5. The van der Waals surface area contributed by atoms with Crippen LogP contribution in [0, 0.1) is 6.92 Å². The van der Waals surface area contributed by atoms with Crippen molar-refractivity contribution in [2.75, 3.05) is 17.7 Å². The zero-order valence-corrected chi connectivity index (χ0v) is 18.1. The highest BCUT2D eigenvalue weighted by molar-refractivity contribution is 7.91. The van der Waals surface area contributed by atoms with Crippen LogP contribution in [-0.2, 0) is 16.0 Å². The van der Waals surface area contributed by atoms with Gasteiger partial charge in [-0.2, -0.15) is 13.2 Å². The molecule has 0 radical (unpaired) electrons. The van der Waals surface area contributed by atoms with Gasteiger partial charge >= 0.3 is 6.18 Å². The summed E-state index contributed by atoms with van der Waals surface area (Å²) >= 11 is 0.162. The lowest BCUT2D eigenvalue weighted by Gasteiger charge is -2.16. The summed E-state index contributed by atoms with van der Waals surface area (Å²) in [4.78, 5) is 21.6. The van der Waals surface area contributed by atoms with Gasteiger partial charge in [-0.1, -0.05) is 24.3 Å². The van der Waals surface area contributed by atoms with E-state index in [0.717, 1.165) is 10.5 Å². The molecule has 0 aromatic carbocycles. The molecule has 0 saturated carbocycles. The van der Waals surface area contributed by atoms with Crippen LogP contribution in [0.15, 0.2) is 35.5 Å². The van der Waals surface area contributed by atoms with Crippen LogP contribution in [-0.4, -0.2) is 47.3 Å². The fourth-order valence-electron chi connectivity index (χ4n) is 2.49. The molecule has 0 saturated heterocycles. The van der Waals surface area contributed by atoms with Gasteiger partial charge in [-0.05, 0) is 24.6 Å². The van der Waals surface area contributed by atoms with Gasteiger partial charge in [0.15, 0.2) is 9.84 Å². The first kappa shape index (κ1) is 22.7. The molecule has 0 bridgehead atoms. The Balaban J connectivity index is 2.06. The molecule has 0 aliphatic carbocycles. The number of alkyl halides is 3. The largest absolute Gasteiger partial charge is 0.445 e. The van der Waals surface area contributed by atoms with Crippen molar-refractivity contribution in [3.63, 3.8) is 0 Å². The minimum absolute atomic E-state index is 0.162. The third-order valence-corrected chi connectivity index (χ3v) is 7.01. The molecule has 3 aromatic heterocycles. The zero-order chi connectivity index (χ0) is 23.0. The lowest BCUT2D eigenvalue weighted by Crippen LogP contribution is -2.29. The molecular formula is C18H16F3N5O3S2. The van der Waals surface area contributed by atoms with Crippen LogP contribution in [0.2, 0.25) is 0 Å². The quantitative estimate of drug-likeness (QED) is 0.562. The van der Waals surface area contributed by atoms with Crippen LogP contribution < -0.4 is 4.90 Å². The number of hydrogen-bond acceptors (Lipinski definition) is 8. The lowest BCUT2D eigenvalue weighted by molar-refractivity contribution is -0.138. The first-order valence-corrected chi connectivity index (χ1v) is 11.3. The number of pyridine rings is 2. The number of nitrogens with zero attached hydrogens (tertiary/aromatic N) is 5. The molecule has 0 aliphatic heterocycles. The summed E-state index contributed by atoms with van der Waals surface area (Å²) in [7, 11) is -2.73. The second kappa shape index (κ2) is 8.30. The van der Waals surface area contributed by atoms with Crippen LogP contribution in [0.3, 0.4) is 0 Å². The number of halogens is 3. The average molecular weight is 471 g/mol. The van der Waals surface area contributed by atoms with E-state index < -0.39 is 32.6 Å². The predicted molar refractivity (Wildman–Crippen MR) is 108 cm³/mol. The Labute approximate surface area is 179 Å². The normalized spacial score (nSPS) is 12.1. The molecule has 0 fully saturated rings. The van der Waals surface area contributed by atoms with Gasteiger partial charge in [-0.25, -0.2) is 13.4 Å². The number of carbonyl (C=O) groups is 1. The van der Waals surface area contributed by atoms with E-state index in [1.54, 1.807) is 18.3 Å². The van der Waals surface area contributed by atoms with Crippen molar-refractivity contribution in [1.29, 1.82) is 0 Å². The van der Waals surface area contributed by atoms with Gasteiger partial charge in [0.25, 0.3) is 5.91 Å². The van der Waals surface area contributed by atoms with Gasteiger partial charge < -0.3 is 0 Å². The molecular weight excluding hydrogens is 455 g/mol. The standard InChI is InChI=1S/C18H16F3N5O3S2/c1-4-31(28,29)13-7-11(12-6-5-10(2)8-22-12)9-23-14(13)15(27)26(3)17-25-24-16(30-17)18(19,20)21/h5-9H,4H2,1-3H3. The van der Waals surface area contributed by atoms with Crippen molar-refractivity contribution < 1.29 is 26.4 Å². The summed E-state index contributed by atoms with van der Waals surface area (Å²) < 4.78 is 63.7. The van der Waals surface area contributed by atoms with Crippen molar-refractivity contribution in [1.82, 2.24) is 20.2 Å². The van der Waals surface area contributed by atoms with Gasteiger partial charge in [0.1, 0.15) is 5.69 Å². The summed E-state index contributed by atoms with van der Waals surface area (Å²) in [5, 5.41) is 4.85. The van der Waals surface area contributed by atoms with E-state index in [-0.39, 0.29) is 27.1 Å². The summed E-state index contributed by atoms with van der Waals surface area (Å²) in [5.74, 6) is -1.24. The minimum Gasteiger partial charge on any atom is -0.284 e. The first-order valence-electron chi connectivity index (χ1n) is 8.78.